The van der Waals surface area contributed by atoms with E-state index < -0.39 is 11.0 Å². The van der Waals surface area contributed by atoms with E-state index >= 15 is 0 Å². The third-order valence-electron chi connectivity index (χ3n) is 11.1. The van der Waals surface area contributed by atoms with Crippen molar-refractivity contribution in [3.8, 4) is 0 Å². The number of nitrogens with zero attached hydrogens (tertiary/aromatic N) is 6. The summed E-state index contributed by atoms with van der Waals surface area (Å²) in [5.41, 5.74) is 2.97. The summed E-state index contributed by atoms with van der Waals surface area (Å²) in [4.78, 5) is 45.9. The smallest absolute Gasteiger partial charge is 0.410 e. The molecular formula is C36H49ClN6O3. The number of carbonyl (C=O) groups excluding carboxylic acids is 2. The summed E-state index contributed by atoms with van der Waals surface area (Å²) in [7, 11) is 0. The van der Waals surface area contributed by atoms with Crippen LogP contribution < -0.4 is 4.90 Å². The fourth-order valence-electron chi connectivity index (χ4n) is 8.40. The molecule has 3 fully saturated rings. The Morgan fingerprint density at radius 1 is 1.07 bits per heavy atom. The Kier molecular flexibility index (Phi) is 7.63. The van der Waals surface area contributed by atoms with E-state index in [2.05, 4.69) is 66.7 Å². The van der Waals surface area contributed by atoms with Crippen molar-refractivity contribution in [1.82, 2.24) is 14.7 Å². The van der Waals surface area contributed by atoms with Crippen LogP contribution >= 0.6 is 11.6 Å². The summed E-state index contributed by atoms with van der Waals surface area (Å²) >= 11 is 6.82. The zero-order chi connectivity index (χ0) is 32.8. The van der Waals surface area contributed by atoms with E-state index in [0.717, 1.165) is 48.4 Å². The minimum atomic E-state index is -0.645. The maximum atomic E-state index is 14.7. The quantitative estimate of drug-likeness (QED) is 0.397. The Hall–Kier alpha value is -2.91. The molecule has 0 aromatic heterocycles. The summed E-state index contributed by atoms with van der Waals surface area (Å²) in [5.74, 6) is 0.181. The highest BCUT2D eigenvalue weighted by Crippen LogP contribution is 2.52. The van der Waals surface area contributed by atoms with E-state index in [0.29, 0.717) is 42.6 Å². The van der Waals surface area contributed by atoms with Crippen LogP contribution in [0.15, 0.2) is 34.3 Å². The van der Waals surface area contributed by atoms with Crippen LogP contribution in [0, 0.1) is 5.41 Å². The van der Waals surface area contributed by atoms with Crippen LogP contribution in [0.25, 0.3) is 5.70 Å². The predicted octanol–water partition coefficient (Wildman–Crippen LogP) is 6.05. The number of halogens is 1. The van der Waals surface area contributed by atoms with Crippen LogP contribution in [0.1, 0.15) is 91.7 Å². The van der Waals surface area contributed by atoms with Gasteiger partial charge in [-0.25, -0.2) is 9.79 Å². The first-order valence-electron chi connectivity index (χ1n) is 17.1. The summed E-state index contributed by atoms with van der Waals surface area (Å²) in [6, 6.07) is 7.18. The molecule has 2 atom stereocenters. The SMILES string of the molecule is CC(C)N1C=NC2C=C(c3ccc4c(c3)N(C3CC(N5CCC(C)(C)C5)C3)C(=O)C43CCN(C(=O)OC(C)(C)C)CC3)N=C(Cl)C21. The lowest BCUT2D eigenvalue weighted by Crippen LogP contribution is -2.58. The number of hydrogen-bond donors (Lipinski definition) is 0. The number of likely N-dealkylation sites (tertiary alicyclic amines) is 2. The Labute approximate surface area is 278 Å². The normalized spacial score (nSPS) is 30.0. The van der Waals surface area contributed by atoms with Gasteiger partial charge in [0.1, 0.15) is 16.8 Å². The van der Waals surface area contributed by atoms with Crippen molar-refractivity contribution in [2.24, 2.45) is 15.4 Å². The molecule has 1 aromatic carbocycles. The zero-order valence-electron chi connectivity index (χ0n) is 28.4. The van der Waals surface area contributed by atoms with Gasteiger partial charge in [-0.05, 0) is 96.4 Å². The summed E-state index contributed by atoms with van der Waals surface area (Å²) < 4.78 is 5.67. The van der Waals surface area contributed by atoms with Gasteiger partial charge >= 0.3 is 6.09 Å². The summed E-state index contributed by atoms with van der Waals surface area (Å²) in [5, 5.41) is 0.545. The second kappa shape index (κ2) is 11.1. The minimum Gasteiger partial charge on any atom is -0.444 e. The largest absolute Gasteiger partial charge is 0.444 e. The average Bonchev–Trinajstić information content (AvgIpc) is 3.61. The summed E-state index contributed by atoms with van der Waals surface area (Å²) in [6.07, 6.45) is 8.06. The highest BCUT2D eigenvalue weighted by molar-refractivity contribution is 6.67. The number of carbonyl (C=O) groups is 2. The highest BCUT2D eigenvalue weighted by atomic mass is 35.5. The molecule has 248 valence electrons. The first-order valence-corrected chi connectivity index (χ1v) is 17.5. The van der Waals surface area contributed by atoms with Gasteiger partial charge in [-0.3, -0.25) is 14.7 Å². The first kappa shape index (κ1) is 31.7. The first-order chi connectivity index (χ1) is 21.7. The average molecular weight is 649 g/mol. The molecule has 2 unspecified atom stereocenters. The monoisotopic (exact) mass is 648 g/mol. The van der Waals surface area contributed by atoms with Crippen molar-refractivity contribution < 1.29 is 14.3 Å². The molecule has 1 aliphatic carbocycles. The van der Waals surface area contributed by atoms with Crippen molar-refractivity contribution in [2.75, 3.05) is 31.1 Å². The van der Waals surface area contributed by atoms with Gasteiger partial charge in [0.2, 0.25) is 5.91 Å². The molecular weight excluding hydrogens is 600 g/mol. The number of benzene rings is 1. The predicted molar refractivity (Wildman–Crippen MR) is 184 cm³/mol. The Balaban J connectivity index is 1.18. The molecule has 1 aromatic rings. The lowest BCUT2D eigenvalue weighted by Gasteiger charge is -2.46. The number of ether oxygens (including phenoxy) is 1. The van der Waals surface area contributed by atoms with Gasteiger partial charge in [-0.2, -0.15) is 0 Å². The van der Waals surface area contributed by atoms with Crippen LogP contribution in [-0.2, 0) is 14.9 Å². The van der Waals surface area contributed by atoms with Gasteiger partial charge in [0.25, 0.3) is 0 Å². The fourth-order valence-corrected chi connectivity index (χ4v) is 8.74. The molecule has 0 radical (unpaired) electrons. The lowest BCUT2D eigenvalue weighted by atomic mass is 9.73. The molecule has 5 heterocycles. The Morgan fingerprint density at radius 3 is 2.41 bits per heavy atom. The Morgan fingerprint density at radius 2 is 1.78 bits per heavy atom. The molecule has 9 nitrogen and oxygen atoms in total. The summed E-state index contributed by atoms with van der Waals surface area (Å²) in [6.45, 7) is 17.9. The maximum absolute atomic E-state index is 14.7. The van der Waals surface area contributed by atoms with Crippen LogP contribution in [0.2, 0.25) is 0 Å². The third kappa shape index (κ3) is 5.35. The molecule has 6 aliphatic rings. The maximum Gasteiger partial charge on any atom is 0.410 e. The van der Waals surface area contributed by atoms with Gasteiger partial charge in [0.15, 0.2) is 0 Å². The molecule has 5 aliphatic heterocycles. The molecule has 10 heteroatoms. The number of amides is 2. The lowest BCUT2D eigenvalue weighted by molar-refractivity contribution is -0.126. The standard InChI is InChI=1S/C36H49ClN6O3/c1-22(2)42-21-38-28-19-27(39-31(37)30(28)42)23-8-9-26-29(16-23)43(25-17-24(18-25)41-13-10-35(6,7)20-41)32(44)36(26)11-14-40(15-12-36)33(45)46-34(3,4)5/h8-9,16,19,21-22,24-25,28,30H,10-15,17-18,20H2,1-7H3. The minimum absolute atomic E-state index is 0.0705. The molecule has 2 amide bonds. The van der Waals surface area contributed by atoms with Gasteiger partial charge in [0, 0.05) is 49.0 Å². The molecule has 1 saturated carbocycles. The van der Waals surface area contributed by atoms with Gasteiger partial charge in [0.05, 0.1) is 23.5 Å². The number of aliphatic imine (C=N–C) groups is 2. The van der Waals surface area contributed by atoms with E-state index in [9.17, 15) is 9.59 Å². The second-order valence-electron chi connectivity index (χ2n) is 16.3. The zero-order valence-corrected chi connectivity index (χ0v) is 29.2. The number of rotatable bonds is 4. The van der Waals surface area contributed by atoms with Crippen LogP contribution in [0.3, 0.4) is 0 Å². The van der Waals surface area contributed by atoms with Crippen molar-refractivity contribution in [3.05, 3.63) is 35.4 Å². The molecule has 1 spiro atoms. The van der Waals surface area contributed by atoms with E-state index in [1.54, 1.807) is 4.90 Å². The molecule has 46 heavy (non-hydrogen) atoms. The topological polar surface area (TPSA) is 81.0 Å². The molecule has 7 rings (SSSR count). The number of fused-ring (bicyclic) bond motifs is 3. The second-order valence-corrected chi connectivity index (χ2v) is 16.7. The molecule has 2 saturated heterocycles. The van der Waals surface area contributed by atoms with E-state index in [4.69, 9.17) is 26.3 Å². The molecule has 0 bridgehead atoms. The van der Waals surface area contributed by atoms with Crippen LogP contribution in [0.4, 0.5) is 10.5 Å². The fraction of sp³-hybridized carbons (Fsp3) is 0.667. The van der Waals surface area contributed by atoms with E-state index in [1.807, 2.05) is 27.1 Å². The van der Waals surface area contributed by atoms with Gasteiger partial charge < -0.3 is 19.4 Å². The van der Waals surface area contributed by atoms with Gasteiger partial charge in [-0.1, -0.05) is 37.6 Å². The number of anilines is 1. The van der Waals surface area contributed by atoms with Crippen molar-refractivity contribution in [3.63, 3.8) is 0 Å². The highest BCUT2D eigenvalue weighted by Gasteiger charge is 2.56. The van der Waals surface area contributed by atoms with E-state index in [1.165, 1.54) is 6.42 Å². The van der Waals surface area contributed by atoms with Crippen LogP contribution in [0.5, 0.6) is 0 Å². The van der Waals surface area contributed by atoms with Crippen molar-refractivity contribution >= 4 is 46.5 Å². The number of hydrogen-bond acceptors (Lipinski definition) is 7. The van der Waals surface area contributed by atoms with E-state index in [-0.39, 0.29) is 36.2 Å². The van der Waals surface area contributed by atoms with Gasteiger partial charge in [-0.15, -0.1) is 0 Å². The third-order valence-corrected chi connectivity index (χ3v) is 11.4. The number of piperidine rings is 1. The molecule has 0 N–H and O–H groups in total. The van der Waals surface area contributed by atoms with Crippen molar-refractivity contribution in [1.29, 1.82) is 0 Å². The van der Waals surface area contributed by atoms with Crippen molar-refractivity contribution in [2.45, 2.75) is 122 Å². The van der Waals surface area contributed by atoms with Crippen LogP contribution in [-0.4, -0.2) is 100 Å². The Bertz CT molecular complexity index is 1510.